The number of carbonyl (C=O) groups excluding carboxylic acids is 1. The van der Waals surface area contributed by atoms with Gasteiger partial charge in [0.25, 0.3) is 5.91 Å². The summed E-state index contributed by atoms with van der Waals surface area (Å²) in [4.78, 5) is 30.9. The second-order valence-corrected chi connectivity index (χ2v) is 11.5. The number of rotatable bonds is 13. The van der Waals surface area contributed by atoms with Crippen LogP contribution in [0.2, 0.25) is 0 Å². The van der Waals surface area contributed by atoms with Crippen LogP contribution in [0.25, 0.3) is 10.9 Å². The molecule has 2 aliphatic heterocycles. The molecule has 0 spiro atoms. The van der Waals surface area contributed by atoms with Gasteiger partial charge in [-0.15, -0.1) is 0 Å². The number of fused-ring (bicyclic) bond motifs is 1. The van der Waals surface area contributed by atoms with Gasteiger partial charge in [0.15, 0.2) is 11.5 Å². The van der Waals surface area contributed by atoms with E-state index in [2.05, 4.69) is 30.1 Å². The van der Waals surface area contributed by atoms with Crippen molar-refractivity contribution in [2.45, 2.75) is 32.3 Å². The average Bonchev–Trinajstić information content (AvgIpc) is 3.11. The number of hydrogen-bond acceptors (Lipinski definition) is 11. The van der Waals surface area contributed by atoms with Crippen molar-refractivity contribution in [1.29, 1.82) is 0 Å². The smallest absolute Gasteiger partial charge is 0.275 e. The molecule has 2 aliphatic rings. The number of methoxy groups -OCH3 is 1. The van der Waals surface area contributed by atoms with Crippen LogP contribution in [-0.2, 0) is 9.47 Å². The van der Waals surface area contributed by atoms with E-state index >= 15 is 0 Å². The van der Waals surface area contributed by atoms with Crippen molar-refractivity contribution in [1.82, 2.24) is 19.9 Å². The van der Waals surface area contributed by atoms with Gasteiger partial charge in [-0.3, -0.25) is 19.7 Å². The van der Waals surface area contributed by atoms with Crippen molar-refractivity contribution < 1.29 is 28.5 Å². The van der Waals surface area contributed by atoms with Crippen molar-refractivity contribution in [3.63, 3.8) is 0 Å². The van der Waals surface area contributed by atoms with Crippen LogP contribution in [0.15, 0.2) is 61.1 Å². The minimum absolute atomic E-state index is 0.299. The first-order valence-corrected chi connectivity index (χ1v) is 16.3. The summed E-state index contributed by atoms with van der Waals surface area (Å²) in [6.07, 6.45) is 8.05. The van der Waals surface area contributed by atoms with Crippen molar-refractivity contribution in [2.75, 3.05) is 76.5 Å². The Bertz CT molecular complexity index is 1620. The number of amides is 1. The highest BCUT2D eigenvalue weighted by Crippen LogP contribution is 2.37. The molecule has 0 radical (unpaired) electrons. The third-order valence-corrected chi connectivity index (χ3v) is 8.36. The standard InChI is InChI=1S/C35H42N6O6/c1-3-45-26-9-14-41(15-10-26)25-7-11-37-30(21-25)35(42)39-34-6-5-27(24-38-34)47-31-8-12-36-29-23-33(32(43-2)22-28(29)31)46-18-4-13-40-16-19-44-20-17-40/h5-8,11-12,21-24,26H,3-4,9-10,13-20H2,1-2H3,(H,38,39,42). The summed E-state index contributed by atoms with van der Waals surface area (Å²) in [5.41, 5.74) is 2.02. The number of piperidine rings is 1. The van der Waals surface area contributed by atoms with Crippen molar-refractivity contribution in [2.24, 2.45) is 0 Å². The molecule has 5 heterocycles. The molecule has 4 aromatic rings. The summed E-state index contributed by atoms with van der Waals surface area (Å²) in [5, 5.41) is 3.61. The lowest BCUT2D eigenvalue weighted by Gasteiger charge is -2.33. The van der Waals surface area contributed by atoms with E-state index in [1.165, 1.54) is 0 Å². The lowest BCUT2D eigenvalue weighted by atomic mass is 10.1. The number of aromatic nitrogens is 3. The van der Waals surface area contributed by atoms with E-state index in [0.717, 1.165) is 88.4 Å². The zero-order valence-corrected chi connectivity index (χ0v) is 27.0. The summed E-state index contributed by atoms with van der Waals surface area (Å²) < 4.78 is 29.1. The van der Waals surface area contributed by atoms with Gasteiger partial charge in [0.2, 0.25) is 0 Å². The van der Waals surface area contributed by atoms with Gasteiger partial charge in [-0.1, -0.05) is 0 Å². The van der Waals surface area contributed by atoms with E-state index in [4.69, 9.17) is 23.7 Å². The maximum atomic E-state index is 13.0. The number of nitrogens with zero attached hydrogens (tertiary/aromatic N) is 5. The first kappa shape index (κ1) is 32.4. The molecule has 12 heteroatoms. The Morgan fingerprint density at radius 2 is 1.79 bits per heavy atom. The predicted molar refractivity (Wildman–Crippen MR) is 179 cm³/mol. The molecule has 1 amide bonds. The summed E-state index contributed by atoms with van der Waals surface area (Å²) in [7, 11) is 1.62. The number of carbonyl (C=O) groups is 1. The maximum absolute atomic E-state index is 13.0. The molecule has 0 unspecified atom stereocenters. The van der Waals surface area contributed by atoms with Gasteiger partial charge in [0.1, 0.15) is 23.0 Å². The maximum Gasteiger partial charge on any atom is 0.275 e. The number of hydrogen-bond donors (Lipinski definition) is 1. The second kappa shape index (κ2) is 15.9. The van der Waals surface area contributed by atoms with Crippen LogP contribution in [0.4, 0.5) is 11.5 Å². The minimum Gasteiger partial charge on any atom is -0.493 e. The number of pyridine rings is 3. The fourth-order valence-corrected chi connectivity index (χ4v) is 5.86. The van der Waals surface area contributed by atoms with Crippen LogP contribution >= 0.6 is 0 Å². The van der Waals surface area contributed by atoms with Crippen LogP contribution < -0.4 is 24.4 Å². The summed E-state index contributed by atoms with van der Waals surface area (Å²) in [5.74, 6) is 2.41. The molecule has 248 valence electrons. The first-order valence-electron chi connectivity index (χ1n) is 16.3. The van der Waals surface area contributed by atoms with Gasteiger partial charge in [-0.2, -0.15) is 0 Å². The molecule has 1 N–H and O–H groups in total. The van der Waals surface area contributed by atoms with Crippen molar-refractivity contribution in [3.8, 4) is 23.0 Å². The van der Waals surface area contributed by atoms with Crippen LogP contribution in [-0.4, -0.2) is 98.1 Å². The topological polar surface area (TPSA) is 120 Å². The molecule has 47 heavy (non-hydrogen) atoms. The highest BCUT2D eigenvalue weighted by molar-refractivity contribution is 6.02. The molecule has 2 fully saturated rings. The molecule has 12 nitrogen and oxygen atoms in total. The fraction of sp³-hybridized carbons (Fsp3) is 0.429. The van der Waals surface area contributed by atoms with Gasteiger partial charge in [-0.25, -0.2) is 4.98 Å². The van der Waals surface area contributed by atoms with E-state index in [-0.39, 0.29) is 5.91 Å². The Kier molecular flexibility index (Phi) is 10.9. The molecular formula is C35H42N6O6. The van der Waals surface area contributed by atoms with Crippen molar-refractivity contribution >= 4 is 28.3 Å². The Morgan fingerprint density at radius 3 is 2.55 bits per heavy atom. The lowest BCUT2D eigenvalue weighted by molar-refractivity contribution is 0.0357. The highest BCUT2D eigenvalue weighted by atomic mass is 16.5. The second-order valence-electron chi connectivity index (χ2n) is 11.5. The molecule has 6 rings (SSSR count). The van der Waals surface area contributed by atoms with Gasteiger partial charge < -0.3 is 33.9 Å². The van der Waals surface area contributed by atoms with Crippen LogP contribution in [0, 0.1) is 0 Å². The van der Waals surface area contributed by atoms with Crippen LogP contribution in [0.3, 0.4) is 0 Å². The number of anilines is 2. The van der Waals surface area contributed by atoms with Gasteiger partial charge >= 0.3 is 0 Å². The van der Waals surface area contributed by atoms with Crippen LogP contribution in [0.1, 0.15) is 36.7 Å². The lowest BCUT2D eigenvalue weighted by Crippen LogP contribution is -2.37. The summed E-state index contributed by atoms with van der Waals surface area (Å²) in [6.45, 7) is 9.53. The Hall–Kier alpha value is -4.52. The van der Waals surface area contributed by atoms with E-state index in [0.29, 0.717) is 47.2 Å². The SMILES string of the molecule is CCOC1CCN(c2ccnc(C(=O)Nc3ccc(Oc4ccnc5cc(OCCCN6CCOCC6)c(OC)cc45)cn3)c2)CC1. The molecule has 2 saturated heterocycles. The molecule has 1 aromatic carbocycles. The van der Waals surface area contributed by atoms with Gasteiger partial charge in [-0.05, 0) is 62.6 Å². The quantitative estimate of drug-likeness (QED) is 0.194. The number of benzene rings is 1. The Morgan fingerprint density at radius 1 is 0.957 bits per heavy atom. The Balaban J connectivity index is 1.06. The average molecular weight is 643 g/mol. The van der Waals surface area contributed by atoms with E-state index in [1.807, 2.05) is 31.2 Å². The van der Waals surface area contributed by atoms with E-state index < -0.39 is 0 Å². The zero-order chi connectivity index (χ0) is 32.4. The number of ether oxygens (including phenoxy) is 5. The summed E-state index contributed by atoms with van der Waals surface area (Å²) in [6, 6.07) is 12.7. The molecule has 0 atom stereocenters. The van der Waals surface area contributed by atoms with Gasteiger partial charge in [0.05, 0.1) is 44.7 Å². The van der Waals surface area contributed by atoms with Gasteiger partial charge in [0, 0.05) is 68.9 Å². The predicted octanol–water partition coefficient (Wildman–Crippen LogP) is 5.18. The summed E-state index contributed by atoms with van der Waals surface area (Å²) >= 11 is 0. The normalized spacial score (nSPS) is 15.8. The largest absolute Gasteiger partial charge is 0.493 e. The number of nitrogens with one attached hydrogen (secondary N) is 1. The monoisotopic (exact) mass is 642 g/mol. The van der Waals surface area contributed by atoms with Crippen LogP contribution in [0.5, 0.6) is 23.0 Å². The van der Waals surface area contributed by atoms with Crippen molar-refractivity contribution in [3.05, 3.63) is 66.7 Å². The molecule has 0 saturated carbocycles. The molecule has 3 aromatic heterocycles. The number of morpholine rings is 1. The zero-order valence-electron chi connectivity index (χ0n) is 27.0. The highest BCUT2D eigenvalue weighted by Gasteiger charge is 2.21. The van der Waals surface area contributed by atoms with E-state index in [9.17, 15) is 4.79 Å². The minimum atomic E-state index is -0.330. The third kappa shape index (κ3) is 8.45. The third-order valence-electron chi connectivity index (χ3n) is 8.36. The molecule has 0 bridgehead atoms. The molecule has 0 aliphatic carbocycles. The first-order chi connectivity index (χ1) is 23.1. The van der Waals surface area contributed by atoms with E-state index in [1.54, 1.807) is 43.9 Å². The molecular weight excluding hydrogens is 600 g/mol. The fourth-order valence-electron chi connectivity index (χ4n) is 5.86. The Labute approximate surface area is 275 Å².